The van der Waals surface area contributed by atoms with Crippen LogP contribution in [-0.2, 0) is 0 Å². The first-order valence-electron chi connectivity index (χ1n) is 8.86. The monoisotopic (exact) mass is 356 g/mol. The molecule has 0 bridgehead atoms. The van der Waals surface area contributed by atoms with Gasteiger partial charge < -0.3 is 19.5 Å². The van der Waals surface area contributed by atoms with Crippen LogP contribution in [0.15, 0.2) is 41.1 Å². The summed E-state index contributed by atoms with van der Waals surface area (Å²) in [5.74, 6) is 1.40. The Morgan fingerprint density at radius 2 is 1.96 bits per heavy atom. The minimum Gasteiger partial charge on any atom is -0.459 e. The van der Waals surface area contributed by atoms with Gasteiger partial charge in [-0.25, -0.2) is 4.98 Å². The van der Waals surface area contributed by atoms with Gasteiger partial charge in [0, 0.05) is 38.9 Å². The fourth-order valence-electron chi connectivity index (χ4n) is 2.80. The minimum atomic E-state index is -0.105. The summed E-state index contributed by atoms with van der Waals surface area (Å²) in [4.78, 5) is 32.6. The highest BCUT2D eigenvalue weighted by atomic mass is 16.3. The normalized spacial score (nSPS) is 14.6. The molecule has 2 aromatic heterocycles. The molecule has 7 heteroatoms. The Bertz CT molecular complexity index is 733. The summed E-state index contributed by atoms with van der Waals surface area (Å²) >= 11 is 0. The van der Waals surface area contributed by atoms with E-state index < -0.39 is 0 Å². The summed E-state index contributed by atoms with van der Waals surface area (Å²) in [6.45, 7) is 7.36. The first-order chi connectivity index (χ1) is 12.5. The smallest absolute Gasteiger partial charge is 0.289 e. The number of carbonyl (C=O) groups is 2. The molecule has 26 heavy (non-hydrogen) atoms. The summed E-state index contributed by atoms with van der Waals surface area (Å²) in [6, 6.07) is 7.04. The molecule has 2 amide bonds. The Labute approximate surface area is 153 Å². The number of aromatic nitrogens is 1. The summed E-state index contributed by atoms with van der Waals surface area (Å²) in [6.07, 6.45) is 3.11. The maximum Gasteiger partial charge on any atom is 0.289 e. The molecule has 1 aliphatic heterocycles. The second kappa shape index (κ2) is 8.03. The molecule has 2 aromatic rings. The lowest BCUT2D eigenvalue weighted by atomic mass is 10.2. The molecular formula is C19H24N4O3. The zero-order valence-electron chi connectivity index (χ0n) is 15.1. The van der Waals surface area contributed by atoms with Gasteiger partial charge in [-0.05, 0) is 30.2 Å². The third-order valence-corrected chi connectivity index (χ3v) is 4.30. The lowest BCUT2D eigenvalue weighted by Gasteiger charge is -2.35. The zero-order valence-corrected chi connectivity index (χ0v) is 15.1. The topological polar surface area (TPSA) is 78.7 Å². The number of furan rings is 1. The van der Waals surface area contributed by atoms with Gasteiger partial charge in [0.2, 0.25) is 0 Å². The summed E-state index contributed by atoms with van der Waals surface area (Å²) < 4.78 is 5.18. The third kappa shape index (κ3) is 4.22. The van der Waals surface area contributed by atoms with Crippen molar-refractivity contribution >= 4 is 17.6 Å². The number of nitrogens with one attached hydrogen (secondary N) is 1. The molecule has 0 saturated carbocycles. The van der Waals surface area contributed by atoms with Crippen LogP contribution in [0.4, 0.5) is 5.82 Å². The number of carbonyl (C=O) groups excluding carboxylic acids is 2. The van der Waals surface area contributed by atoms with Gasteiger partial charge >= 0.3 is 0 Å². The Hall–Kier alpha value is -2.83. The second-order valence-electron chi connectivity index (χ2n) is 6.77. The predicted molar refractivity (Wildman–Crippen MR) is 98.2 cm³/mol. The number of pyridine rings is 1. The number of hydrogen-bond acceptors (Lipinski definition) is 5. The van der Waals surface area contributed by atoms with Gasteiger partial charge in [-0.1, -0.05) is 13.8 Å². The summed E-state index contributed by atoms with van der Waals surface area (Å²) in [5.41, 5.74) is 0.557. The van der Waals surface area contributed by atoms with Gasteiger partial charge in [-0.2, -0.15) is 0 Å². The van der Waals surface area contributed by atoms with Gasteiger partial charge in [-0.15, -0.1) is 0 Å². The highest BCUT2D eigenvalue weighted by Gasteiger charge is 2.24. The van der Waals surface area contributed by atoms with E-state index in [4.69, 9.17) is 4.42 Å². The number of piperazine rings is 1. The highest BCUT2D eigenvalue weighted by molar-refractivity contribution is 5.94. The van der Waals surface area contributed by atoms with Gasteiger partial charge in [0.25, 0.3) is 11.8 Å². The van der Waals surface area contributed by atoms with E-state index in [2.05, 4.69) is 29.0 Å². The molecule has 0 atom stereocenters. The Kier molecular flexibility index (Phi) is 5.55. The quantitative estimate of drug-likeness (QED) is 0.887. The molecule has 1 saturated heterocycles. The predicted octanol–water partition coefficient (Wildman–Crippen LogP) is 2.02. The first kappa shape index (κ1) is 18.0. The average molecular weight is 356 g/mol. The number of anilines is 1. The third-order valence-electron chi connectivity index (χ3n) is 4.30. The summed E-state index contributed by atoms with van der Waals surface area (Å²) in [7, 11) is 0. The van der Waals surface area contributed by atoms with E-state index in [1.165, 1.54) is 6.26 Å². The maximum absolute atomic E-state index is 12.3. The molecule has 7 nitrogen and oxygen atoms in total. The molecule has 0 radical (unpaired) electrons. The van der Waals surface area contributed by atoms with Crippen LogP contribution >= 0.6 is 0 Å². The van der Waals surface area contributed by atoms with Crippen LogP contribution in [0.5, 0.6) is 0 Å². The van der Waals surface area contributed by atoms with Gasteiger partial charge in [0.1, 0.15) is 5.82 Å². The minimum absolute atomic E-state index is 0.0835. The van der Waals surface area contributed by atoms with Crippen molar-refractivity contribution in [2.24, 2.45) is 5.92 Å². The molecular weight excluding hydrogens is 332 g/mol. The van der Waals surface area contributed by atoms with Crippen molar-refractivity contribution < 1.29 is 14.0 Å². The molecule has 3 heterocycles. The summed E-state index contributed by atoms with van der Waals surface area (Å²) in [5, 5.41) is 2.88. The van der Waals surface area contributed by atoms with Crippen LogP contribution < -0.4 is 10.2 Å². The Morgan fingerprint density at radius 1 is 1.19 bits per heavy atom. The van der Waals surface area contributed by atoms with E-state index in [0.717, 1.165) is 5.82 Å². The lowest BCUT2D eigenvalue weighted by Crippen LogP contribution is -2.49. The number of hydrogen-bond donors (Lipinski definition) is 1. The van der Waals surface area contributed by atoms with Crippen LogP contribution in [0.1, 0.15) is 34.8 Å². The number of nitrogens with zero attached hydrogens (tertiary/aromatic N) is 3. The molecule has 3 rings (SSSR count). The molecule has 0 spiro atoms. The van der Waals surface area contributed by atoms with E-state index in [0.29, 0.717) is 50.0 Å². The SMILES string of the molecule is CC(C)CNC(=O)c1ccc(N2CCN(C(=O)c3ccco3)CC2)nc1. The standard InChI is InChI=1S/C19H24N4O3/c1-14(2)12-21-18(24)15-5-6-17(20-13-15)22-7-9-23(10-8-22)19(25)16-4-3-11-26-16/h3-6,11,13-14H,7-10,12H2,1-2H3,(H,21,24). The average Bonchev–Trinajstić information content (AvgIpc) is 3.20. The molecule has 1 aliphatic rings. The van der Waals surface area contributed by atoms with Crippen molar-refractivity contribution in [1.82, 2.24) is 15.2 Å². The van der Waals surface area contributed by atoms with E-state index >= 15 is 0 Å². The van der Waals surface area contributed by atoms with Gasteiger partial charge in [0.15, 0.2) is 5.76 Å². The number of amides is 2. The fraction of sp³-hybridized carbons (Fsp3) is 0.421. The Morgan fingerprint density at radius 3 is 2.54 bits per heavy atom. The lowest BCUT2D eigenvalue weighted by molar-refractivity contribution is 0.0714. The van der Waals surface area contributed by atoms with Crippen LogP contribution in [0.2, 0.25) is 0 Å². The van der Waals surface area contributed by atoms with Crippen molar-refractivity contribution in [3.63, 3.8) is 0 Å². The maximum atomic E-state index is 12.3. The molecule has 1 fully saturated rings. The van der Waals surface area contributed by atoms with E-state index in [9.17, 15) is 9.59 Å². The van der Waals surface area contributed by atoms with Crippen LogP contribution in [0, 0.1) is 5.92 Å². The molecule has 138 valence electrons. The van der Waals surface area contributed by atoms with Gasteiger partial charge in [0.05, 0.1) is 11.8 Å². The number of rotatable bonds is 5. The van der Waals surface area contributed by atoms with E-state index in [1.807, 2.05) is 6.07 Å². The van der Waals surface area contributed by atoms with Crippen molar-refractivity contribution in [3.05, 3.63) is 48.0 Å². The van der Waals surface area contributed by atoms with Crippen molar-refractivity contribution in [2.45, 2.75) is 13.8 Å². The molecule has 0 unspecified atom stereocenters. The van der Waals surface area contributed by atoms with E-state index in [1.54, 1.807) is 29.3 Å². The molecule has 0 aliphatic carbocycles. The molecule has 0 aromatic carbocycles. The zero-order chi connectivity index (χ0) is 18.5. The largest absolute Gasteiger partial charge is 0.459 e. The van der Waals surface area contributed by atoms with Crippen molar-refractivity contribution in [2.75, 3.05) is 37.6 Å². The second-order valence-corrected chi connectivity index (χ2v) is 6.77. The fourth-order valence-corrected chi connectivity index (χ4v) is 2.80. The van der Waals surface area contributed by atoms with Crippen LogP contribution in [0.3, 0.4) is 0 Å². The van der Waals surface area contributed by atoms with Crippen molar-refractivity contribution in [3.8, 4) is 0 Å². The van der Waals surface area contributed by atoms with Crippen LogP contribution in [-0.4, -0.2) is 54.4 Å². The van der Waals surface area contributed by atoms with Crippen LogP contribution in [0.25, 0.3) is 0 Å². The highest BCUT2D eigenvalue weighted by Crippen LogP contribution is 2.16. The first-order valence-corrected chi connectivity index (χ1v) is 8.86. The Balaban J connectivity index is 1.54. The molecule has 1 N–H and O–H groups in total. The van der Waals surface area contributed by atoms with Gasteiger partial charge in [-0.3, -0.25) is 9.59 Å². The van der Waals surface area contributed by atoms with Crippen molar-refractivity contribution in [1.29, 1.82) is 0 Å². The van der Waals surface area contributed by atoms with E-state index in [-0.39, 0.29) is 11.8 Å².